The first-order valence-electron chi connectivity index (χ1n) is 5.82. The minimum Gasteiger partial charge on any atom is -0.313 e. The van der Waals surface area contributed by atoms with E-state index in [0.717, 1.165) is 6.54 Å². The molecule has 0 unspecified atom stereocenters. The Hall–Kier alpha value is -0.300. The molecule has 1 rings (SSSR count). The molecule has 0 amide bonds. The molecule has 0 radical (unpaired) electrons. The van der Waals surface area contributed by atoms with Gasteiger partial charge in [-0.1, -0.05) is 37.8 Å². The third-order valence-corrected chi connectivity index (χ3v) is 2.70. The van der Waals surface area contributed by atoms with Gasteiger partial charge in [0.1, 0.15) is 0 Å². The fourth-order valence-corrected chi connectivity index (χ4v) is 1.93. The Morgan fingerprint density at radius 2 is 1.92 bits per heavy atom. The summed E-state index contributed by atoms with van der Waals surface area (Å²) in [7, 11) is 0. The number of hydrogen-bond donors (Lipinski definition) is 1. The van der Waals surface area contributed by atoms with Crippen LogP contribution >= 0.6 is 0 Å². The van der Waals surface area contributed by atoms with Gasteiger partial charge >= 0.3 is 0 Å². The average Bonchev–Trinajstić information content (AvgIpc) is 2.16. The Kier molecular flexibility index (Phi) is 5.92. The molecule has 1 heterocycles. The monoisotopic (exact) mass is 181 g/mol. The van der Waals surface area contributed by atoms with Crippen LogP contribution in [0.5, 0.6) is 0 Å². The lowest BCUT2D eigenvalue weighted by Crippen LogP contribution is -2.19. The highest BCUT2D eigenvalue weighted by Crippen LogP contribution is 2.12. The quantitative estimate of drug-likeness (QED) is 0.612. The van der Waals surface area contributed by atoms with Crippen LogP contribution in [-0.4, -0.2) is 13.1 Å². The molecule has 1 heteroatoms. The van der Waals surface area contributed by atoms with Crippen molar-refractivity contribution in [3.05, 3.63) is 11.6 Å². The Morgan fingerprint density at radius 3 is 2.77 bits per heavy atom. The van der Waals surface area contributed by atoms with Gasteiger partial charge in [-0.2, -0.15) is 0 Å². The zero-order valence-electron chi connectivity index (χ0n) is 8.94. The molecule has 0 aromatic rings. The molecular formula is C12H23N. The van der Waals surface area contributed by atoms with Crippen molar-refractivity contribution >= 4 is 0 Å². The predicted octanol–water partition coefficient (Wildman–Crippen LogP) is 3.27. The van der Waals surface area contributed by atoms with Crippen LogP contribution in [0.4, 0.5) is 0 Å². The van der Waals surface area contributed by atoms with Crippen LogP contribution in [0.15, 0.2) is 11.6 Å². The van der Waals surface area contributed by atoms with Crippen molar-refractivity contribution in [1.29, 1.82) is 0 Å². The second-order valence-electron chi connectivity index (χ2n) is 3.97. The summed E-state index contributed by atoms with van der Waals surface area (Å²) in [5, 5.41) is 3.52. The number of nitrogens with one attached hydrogen (secondary N) is 1. The summed E-state index contributed by atoms with van der Waals surface area (Å²) in [4.78, 5) is 0. The van der Waals surface area contributed by atoms with Crippen molar-refractivity contribution in [2.45, 2.75) is 51.9 Å². The van der Waals surface area contributed by atoms with Crippen LogP contribution in [0.1, 0.15) is 51.9 Å². The van der Waals surface area contributed by atoms with E-state index in [9.17, 15) is 0 Å². The van der Waals surface area contributed by atoms with Crippen LogP contribution in [0.25, 0.3) is 0 Å². The normalized spacial score (nSPS) is 24.5. The largest absolute Gasteiger partial charge is 0.313 e. The summed E-state index contributed by atoms with van der Waals surface area (Å²) < 4.78 is 0. The summed E-state index contributed by atoms with van der Waals surface area (Å²) >= 11 is 0. The highest BCUT2D eigenvalue weighted by Gasteiger charge is 2.00. The molecule has 0 aromatic heterocycles. The van der Waals surface area contributed by atoms with Crippen LogP contribution in [0.3, 0.4) is 0 Å². The van der Waals surface area contributed by atoms with Gasteiger partial charge < -0.3 is 5.32 Å². The van der Waals surface area contributed by atoms with Crippen molar-refractivity contribution in [2.24, 2.45) is 0 Å². The van der Waals surface area contributed by atoms with Crippen LogP contribution in [-0.2, 0) is 0 Å². The highest BCUT2D eigenvalue weighted by molar-refractivity contribution is 5.03. The maximum Gasteiger partial charge on any atom is 0.0164 e. The van der Waals surface area contributed by atoms with E-state index in [2.05, 4.69) is 18.3 Å². The van der Waals surface area contributed by atoms with Gasteiger partial charge in [0.25, 0.3) is 0 Å². The highest BCUT2D eigenvalue weighted by atomic mass is 14.8. The van der Waals surface area contributed by atoms with Gasteiger partial charge in [0, 0.05) is 6.54 Å². The van der Waals surface area contributed by atoms with Gasteiger partial charge in [0.2, 0.25) is 0 Å². The Morgan fingerprint density at radius 1 is 1.15 bits per heavy atom. The second kappa shape index (κ2) is 7.14. The molecule has 1 aliphatic rings. The smallest absolute Gasteiger partial charge is 0.0164 e. The summed E-state index contributed by atoms with van der Waals surface area (Å²) in [5.74, 6) is 0. The van der Waals surface area contributed by atoms with Crippen LogP contribution in [0, 0.1) is 0 Å². The Balaban J connectivity index is 2.30. The second-order valence-corrected chi connectivity index (χ2v) is 3.97. The van der Waals surface area contributed by atoms with Gasteiger partial charge in [0.05, 0.1) is 0 Å². The van der Waals surface area contributed by atoms with Crippen LogP contribution < -0.4 is 5.32 Å². The van der Waals surface area contributed by atoms with E-state index >= 15 is 0 Å². The third-order valence-electron chi connectivity index (χ3n) is 2.70. The Bertz CT molecular complexity index is 137. The lowest BCUT2D eigenvalue weighted by molar-refractivity contribution is 0.558. The third kappa shape index (κ3) is 5.09. The molecule has 1 nitrogen and oxygen atoms in total. The molecule has 1 N–H and O–H groups in total. The zero-order chi connectivity index (χ0) is 9.36. The molecule has 1 aliphatic heterocycles. The lowest BCUT2D eigenvalue weighted by atomic mass is 10.0. The van der Waals surface area contributed by atoms with Gasteiger partial charge in [-0.15, -0.1) is 0 Å². The summed E-state index contributed by atoms with van der Waals surface area (Å²) in [6, 6.07) is 0. The summed E-state index contributed by atoms with van der Waals surface area (Å²) in [6.07, 6.45) is 11.9. The molecule has 76 valence electrons. The SMILES string of the molecule is CCC=C1CCCCCCCNC1. The first-order valence-corrected chi connectivity index (χ1v) is 5.82. The first-order chi connectivity index (χ1) is 6.43. The minimum atomic E-state index is 1.13. The molecule has 0 bridgehead atoms. The van der Waals surface area contributed by atoms with E-state index in [0.29, 0.717) is 0 Å². The molecule has 0 spiro atoms. The number of allylic oxidation sites excluding steroid dienone is 1. The van der Waals surface area contributed by atoms with Gasteiger partial charge in [-0.25, -0.2) is 0 Å². The molecule has 0 saturated carbocycles. The summed E-state index contributed by atoms with van der Waals surface area (Å²) in [6.45, 7) is 4.57. The molecule has 1 saturated heterocycles. The van der Waals surface area contributed by atoms with E-state index in [4.69, 9.17) is 0 Å². The van der Waals surface area contributed by atoms with Crippen molar-refractivity contribution < 1.29 is 0 Å². The minimum absolute atomic E-state index is 1.13. The first kappa shape index (κ1) is 10.8. The van der Waals surface area contributed by atoms with Crippen molar-refractivity contribution in [3.63, 3.8) is 0 Å². The molecule has 13 heavy (non-hydrogen) atoms. The molecule has 0 aromatic carbocycles. The van der Waals surface area contributed by atoms with Crippen molar-refractivity contribution in [2.75, 3.05) is 13.1 Å². The predicted molar refractivity (Wildman–Crippen MR) is 58.9 cm³/mol. The maximum atomic E-state index is 3.52. The number of rotatable bonds is 1. The van der Waals surface area contributed by atoms with E-state index in [1.807, 2.05) is 0 Å². The maximum absolute atomic E-state index is 3.52. The zero-order valence-corrected chi connectivity index (χ0v) is 8.94. The van der Waals surface area contributed by atoms with Gasteiger partial charge in [-0.3, -0.25) is 0 Å². The van der Waals surface area contributed by atoms with E-state index in [1.165, 1.54) is 51.5 Å². The fraction of sp³-hybridized carbons (Fsp3) is 0.833. The fourth-order valence-electron chi connectivity index (χ4n) is 1.93. The van der Waals surface area contributed by atoms with Crippen molar-refractivity contribution in [3.8, 4) is 0 Å². The topological polar surface area (TPSA) is 12.0 Å². The summed E-state index contributed by atoms with van der Waals surface area (Å²) in [5.41, 5.74) is 1.63. The van der Waals surface area contributed by atoms with Gasteiger partial charge in [-0.05, 0) is 32.2 Å². The van der Waals surface area contributed by atoms with E-state index < -0.39 is 0 Å². The average molecular weight is 181 g/mol. The van der Waals surface area contributed by atoms with E-state index in [1.54, 1.807) is 5.57 Å². The van der Waals surface area contributed by atoms with Crippen LogP contribution in [0.2, 0.25) is 0 Å². The molecule has 1 fully saturated rings. The van der Waals surface area contributed by atoms with Gasteiger partial charge in [0.15, 0.2) is 0 Å². The Labute approximate surface area is 82.6 Å². The lowest BCUT2D eigenvalue weighted by Gasteiger charge is -2.12. The molecule has 0 aliphatic carbocycles. The number of hydrogen-bond acceptors (Lipinski definition) is 1. The standard InChI is InChI=1S/C12H23N/c1-2-8-12-9-6-4-3-5-7-10-13-11-12/h8,13H,2-7,9-11H2,1H3. The molecule has 0 atom stereocenters. The molecular weight excluding hydrogens is 158 g/mol. The van der Waals surface area contributed by atoms with E-state index in [-0.39, 0.29) is 0 Å². The van der Waals surface area contributed by atoms with Crippen molar-refractivity contribution in [1.82, 2.24) is 5.32 Å².